The fourth-order valence-corrected chi connectivity index (χ4v) is 2.22. The summed E-state index contributed by atoms with van der Waals surface area (Å²) in [6.45, 7) is 5.74. The molecule has 0 radical (unpaired) electrons. The van der Waals surface area contributed by atoms with Crippen LogP contribution < -0.4 is 10.1 Å². The van der Waals surface area contributed by atoms with E-state index in [0.29, 0.717) is 5.92 Å². The first-order chi connectivity index (χ1) is 9.58. The van der Waals surface area contributed by atoms with Crippen LogP contribution in [0.1, 0.15) is 27.2 Å². The third kappa shape index (κ3) is 3.84. The van der Waals surface area contributed by atoms with Crippen molar-refractivity contribution >= 4 is 11.6 Å². The molecule has 4 heteroatoms. The predicted octanol–water partition coefficient (Wildman–Crippen LogP) is 3.35. The second-order valence-electron chi connectivity index (χ2n) is 5.02. The molecule has 0 saturated heterocycles. The Bertz CT molecular complexity index is 481. The SMILES string of the molecule is CC[C@H]1OC(Oc2ccc(NC(C)=O)cc2)C=C[C@@H]1C. The van der Waals surface area contributed by atoms with Crippen molar-refractivity contribution in [3.8, 4) is 5.75 Å². The lowest BCUT2D eigenvalue weighted by Gasteiger charge is -2.29. The van der Waals surface area contributed by atoms with E-state index in [4.69, 9.17) is 9.47 Å². The normalized spacial score (nSPS) is 25.2. The molecule has 1 aliphatic heterocycles. The molecular weight excluding hydrogens is 254 g/mol. The van der Waals surface area contributed by atoms with E-state index in [1.165, 1.54) is 6.92 Å². The minimum atomic E-state index is -0.345. The van der Waals surface area contributed by atoms with Crippen LogP contribution in [-0.2, 0) is 9.53 Å². The molecule has 0 fully saturated rings. The Hall–Kier alpha value is -1.81. The highest BCUT2D eigenvalue weighted by Gasteiger charge is 2.23. The minimum absolute atomic E-state index is 0.0861. The summed E-state index contributed by atoms with van der Waals surface area (Å²) in [5, 5.41) is 2.72. The van der Waals surface area contributed by atoms with Gasteiger partial charge in [-0.1, -0.05) is 19.9 Å². The Balaban J connectivity index is 1.96. The van der Waals surface area contributed by atoms with E-state index in [1.807, 2.05) is 30.3 Å². The number of hydrogen-bond acceptors (Lipinski definition) is 3. The summed E-state index contributed by atoms with van der Waals surface area (Å²) in [4.78, 5) is 10.9. The van der Waals surface area contributed by atoms with E-state index < -0.39 is 0 Å². The van der Waals surface area contributed by atoms with Crippen LogP contribution in [0.15, 0.2) is 36.4 Å². The smallest absolute Gasteiger partial charge is 0.221 e. The number of ether oxygens (including phenoxy) is 2. The molecule has 0 aromatic heterocycles. The van der Waals surface area contributed by atoms with Crippen molar-refractivity contribution < 1.29 is 14.3 Å². The Morgan fingerprint density at radius 2 is 2.00 bits per heavy atom. The molecule has 2 rings (SSSR count). The monoisotopic (exact) mass is 275 g/mol. The van der Waals surface area contributed by atoms with Gasteiger partial charge in [-0.15, -0.1) is 0 Å². The fourth-order valence-electron chi connectivity index (χ4n) is 2.22. The first-order valence-electron chi connectivity index (χ1n) is 6.96. The van der Waals surface area contributed by atoms with Crippen LogP contribution in [0.4, 0.5) is 5.69 Å². The van der Waals surface area contributed by atoms with Crippen LogP contribution in [-0.4, -0.2) is 18.3 Å². The van der Waals surface area contributed by atoms with Crippen molar-refractivity contribution in [2.45, 2.75) is 39.6 Å². The van der Waals surface area contributed by atoms with Gasteiger partial charge in [-0.25, -0.2) is 0 Å². The lowest BCUT2D eigenvalue weighted by Crippen LogP contribution is -2.32. The van der Waals surface area contributed by atoms with Gasteiger partial charge in [0.2, 0.25) is 12.2 Å². The maximum Gasteiger partial charge on any atom is 0.221 e. The average molecular weight is 275 g/mol. The lowest BCUT2D eigenvalue weighted by molar-refractivity contribution is -0.114. The number of carbonyl (C=O) groups excluding carboxylic acids is 1. The van der Waals surface area contributed by atoms with Gasteiger partial charge in [0, 0.05) is 18.5 Å². The van der Waals surface area contributed by atoms with E-state index in [0.717, 1.165) is 17.9 Å². The van der Waals surface area contributed by atoms with Crippen LogP contribution in [0, 0.1) is 5.92 Å². The van der Waals surface area contributed by atoms with Crippen molar-refractivity contribution in [2.24, 2.45) is 5.92 Å². The zero-order chi connectivity index (χ0) is 14.5. The molecule has 1 unspecified atom stereocenters. The van der Waals surface area contributed by atoms with E-state index in [-0.39, 0.29) is 18.3 Å². The molecule has 3 atom stereocenters. The molecule has 1 N–H and O–H groups in total. The third-order valence-electron chi connectivity index (χ3n) is 3.30. The summed E-state index contributed by atoms with van der Waals surface area (Å²) in [5.41, 5.74) is 0.755. The van der Waals surface area contributed by atoms with Gasteiger partial charge < -0.3 is 14.8 Å². The van der Waals surface area contributed by atoms with Gasteiger partial charge in [-0.2, -0.15) is 0 Å². The van der Waals surface area contributed by atoms with Gasteiger partial charge in [-0.05, 0) is 36.8 Å². The highest BCUT2D eigenvalue weighted by atomic mass is 16.7. The molecule has 1 aromatic rings. The zero-order valence-corrected chi connectivity index (χ0v) is 12.1. The summed E-state index contributed by atoms with van der Waals surface area (Å²) in [6.07, 6.45) is 4.89. The van der Waals surface area contributed by atoms with Crippen molar-refractivity contribution in [3.63, 3.8) is 0 Å². The molecule has 1 aromatic carbocycles. The number of anilines is 1. The van der Waals surface area contributed by atoms with Crippen LogP contribution in [0.3, 0.4) is 0 Å². The highest BCUT2D eigenvalue weighted by molar-refractivity contribution is 5.88. The van der Waals surface area contributed by atoms with Gasteiger partial charge in [-0.3, -0.25) is 4.79 Å². The average Bonchev–Trinajstić information content (AvgIpc) is 2.42. The standard InChI is InChI=1S/C16H21NO3/c1-4-15-11(2)5-10-16(20-15)19-14-8-6-13(7-9-14)17-12(3)18/h5-11,15-16H,4H2,1-3H3,(H,17,18)/t11-,15+,16?/m0/s1. The molecule has 1 heterocycles. The van der Waals surface area contributed by atoms with Gasteiger partial charge in [0.05, 0.1) is 6.10 Å². The Kier molecular flexibility index (Phi) is 4.79. The molecular formula is C16H21NO3. The van der Waals surface area contributed by atoms with Crippen LogP contribution >= 0.6 is 0 Å². The second-order valence-corrected chi connectivity index (χ2v) is 5.02. The summed E-state index contributed by atoms with van der Waals surface area (Å²) < 4.78 is 11.6. The van der Waals surface area contributed by atoms with Crippen LogP contribution in [0.5, 0.6) is 5.75 Å². The molecule has 0 saturated carbocycles. The Morgan fingerprint density at radius 3 is 2.60 bits per heavy atom. The third-order valence-corrected chi connectivity index (χ3v) is 3.30. The van der Waals surface area contributed by atoms with Gasteiger partial charge in [0.15, 0.2) is 0 Å². The van der Waals surface area contributed by atoms with E-state index in [1.54, 1.807) is 0 Å². The minimum Gasteiger partial charge on any atom is -0.461 e. The lowest BCUT2D eigenvalue weighted by atomic mass is 10.00. The van der Waals surface area contributed by atoms with Gasteiger partial charge >= 0.3 is 0 Å². The van der Waals surface area contributed by atoms with Crippen molar-refractivity contribution in [3.05, 3.63) is 36.4 Å². The highest BCUT2D eigenvalue weighted by Crippen LogP contribution is 2.24. The number of rotatable bonds is 4. The number of benzene rings is 1. The zero-order valence-electron chi connectivity index (χ0n) is 12.1. The number of carbonyl (C=O) groups is 1. The Labute approximate surface area is 119 Å². The fraction of sp³-hybridized carbons (Fsp3) is 0.438. The molecule has 0 spiro atoms. The second kappa shape index (κ2) is 6.57. The van der Waals surface area contributed by atoms with Crippen LogP contribution in [0.25, 0.3) is 0 Å². The first kappa shape index (κ1) is 14.6. The van der Waals surface area contributed by atoms with E-state index in [2.05, 4.69) is 25.2 Å². The van der Waals surface area contributed by atoms with E-state index >= 15 is 0 Å². The van der Waals surface area contributed by atoms with Gasteiger partial charge in [0.1, 0.15) is 5.75 Å². The summed E-state index contributed by atoms with van der Waals surface area (Å²) in [7, 11) is 0. The maximum absolute atomic E-state index is 10.9. The Morgan fingerprint density at radius 1 is 1.30 bits per heavy atom. The van der Waals surface area contributed by atoms with Gasteiger partial charge in [0.25, 0.3) is 0 Å². The number of amides is 1. The molecule has 20 heavy (non-hydrogen) atoms. The maximum atomic E-state index is 10.9. The number of hydrogen-bond donors (Lipinski definition) is 1. The molecule has 0 aliphatic carbocycles. The molecule has 1 amide bonds. The van der Waals surface area contributed by atoms with Crippen molar-refractivity contribution in [1.29, 1.82) is 0 Å². The van der Waals surface area contributed by atoms with Crippen LogP contribution in [0.2, 0.25) is 0 Å². The molecule has 0 bridgehead atoms. The first-order valence-corrected chi connectivity index (χ1v) is 6.96. The topological polar surface area (TPSA) is 47.6 Å². The molecule has 108 valence electrons. The van der Waals surface area contributed by atoms with Crippen molar-refractivity contribution in [2.75, 3.05) is 5.32 Å². The van der Waals surface area contributed by atoms with E-state index in [9.17, 15) is 4.79 Å². The largest absolute Gasteiger partial charge is 0.461 e. The summed E-state index contributed by atoms with van der Waals surface area (Å²) in [6, 6.07) is 7.26. The quantitative estimate of drug-likeness (QED) is 0.857. The molecule has 1 aliphatic rings. The molecule has 4 nitrogen and oxygen atoms in total. The number of nitrogens with one attached hydrogen (secondary N) is 1. The summed E-state index contributed by atoms with van der Waals surface area (Å²) in [5.74, 6) is 1.05. The summed E-state index contributed by atoms with van der Waals surface area (Å²) >= 11 is 0. The van der Waals surface area contributed by atoms with Crippen molar-refractivity contribution in [1.82, 2.24) is 0 Å². The predicted molar refractivity (Wildman–Crippen MR) is 78.6 cm³/mol.